The topological polar surface area (TPSA) is 114 Å². The average Bonchev–Trinajstić information content (AvgIpc) is 3.19. The van der Waals surface area contributed by atoms with Gasteiger partial charge in [0.05, 0.1) is 62.5 Å². The van der Waals surface area contributed by atoms with Crippen LogP contribution >= 0.6 is 0 Å². The van der Waals surface area contributed by atoms with Crippen molar-refractivity contribution < 1.29 is 47.5 Å². The maximum atomic E-state index is 12.2. The number of fused-ring (bicyclic) bond motifs is 4. The Bertz CT molecular complexity index is 1470. The van der Waals surface area contributed by atoms with E-state index in [-0.39, 0.29) is 41.7 Å². The Hall–Kier alpha value is -1.74. The first-order chi connectivity index (χ1) is 24.0. The Morgan fingerprint density at radius 2 is 1.29 bits per heavy atom. The van der Waals surface area contributed by atoms with E-state index in [1.807, 2.05) is 60.7 Å². The molecule has 2 N–H and O–H groups in total. The highest BCUT2D eigenvalue weighted by Gasteiger charge is 2.68. The molecule has 0 amide bonds. The molecule has 0 radical (unpaired) electrons. The molecule has 0 aromatic heterocycles. The number of rotatable bonds is 7. The van der Waals surface area contributed by atoms with Gasteiger partial charge in [-0.3, -0.25) is 0 Å². The highest BCUT2D eigenvalue weighted by Crippen LogP contribution is 2.57. The lowest BCUT2D eigenvalue weighted by atomic mass is 9.81. The summed E-state index contributed by atoms with van der Waals surface area (Å²) in [5.74, 6) is -4.00. The third-order valence-corrected chi connectivity index (χ3v) is 17.0. The summed E-state index contributed by atoms with van der Waals surface area (Å²) in [6, 6.07) is 20.1. The van der Waals surface area contributed by atoms with Gasteiger partial charge >= 0.3 is 8.56 Å². The monoisotopic (exact) mass is 726 g/mol. The Morgan fingerprint density at radius 1 is 0.725 bits per heavy atom. The third-order valence-electron chi connectivity index (χ3n) is 11.8. The summed E-state index contributed by atoms with van der Waals surface area (Å²) in [4.78, 5) is 0. The summed E-state index contributed by atoms with van der Waals surface area (Å²) in [6.07, 6.45) is -1.33. The quantitative estimate of drug-likeness (QED) is 0.316. The van der Waals surface area contributed by atoms with Gasteiger partial charge in [-0.2, -0.15) is 0 Å². The predicted octanol–water partition coefficient (Wildman–Crippen LogP) is 6.30. The van der Waals surface area contributed by atoms with Crippen LogP contribution in [0, 0.1) is 0 Å². The first kappa shape index (κ1) is 37.6. The Labute approximate surface area is 304 Å². The van der Waals surface area contributed by atoms with Crippen LogP contribution < -0.4 is 0 Å². The smallest absolute Gasteiger partial charge is 0.349 e. The first-order valence-corrected chi connectivity index (χ1v) is 20.6. The van der Waals surface area contributed by atoms with Gasteiger partial charge in [-0.25, -0.2) is 0 Å². The molecule has 0 aliphatic carbocycles. The molecule has 5 aliphatic heterocycles. The molecule has 5 saturated heterocycles. The molecular formula is C40H58O10Si. The van der Waals surface area contributed by atoms with E-state index in [0.717, 1.165) is 11.1 Å². The molecule has 51 heavy (non-hydrogen) atoms. The fourth-order valence-corrected chi connectivity index (χ4v) is 14.1. The maximum Gasteiger partial charge on any atom is 0.349 e. The largest absolute Gasteiger partial charge is 0.391 e. The van der Waals surface area contributed by atoms with E-state index in [1.165, 1.54) is 0 Å². The van der Waals surface area contributed by atoms with Gasteiger partial charge in [0.15, 0.2) is 0 Å². The van der Waals surface area contributed by atoms with Gasteiger partial charge in [-0.05, 0) is 30.9 Å². The van der Waals surface area contributed by atoms with Crippen molar-refractivity contribution in [2.75, 3.05) is 13.2 Å². The lowest BCUT2D eigenvalue weighted by Gasteiger charge is -2.60. The minimum absolute atomic E-state index is 0.0298. The molecule has 0 bridgehead atoms. The Morgan fingerprint density at radius 3 is 1.90 bits per heavy atom. The van der Waals surface area contributed by atoms with E-state index in [1.54, 1.807) is 0 Å². The summed E-state index contributed by atoms with van der Waals surface area (Å²) < 4.78 is 53.0. The molecule has 0 spiro atoms. The molecule has 0 saturated carbocycles. The van der Waals surface area contributed by atoms with E-state index in [9.17, 15) is 10.2 Å². The van der Waals surface area contributed by atoms with Crippen LogP contribution in [0.1, 0.15) is 91.7 Å². The predicted molar refractivity (Wildman–Crippen MR) is 192 cm³/mol. The molecule has 2 aromatic carbocycles. The summed E-state index contributed by atoms with van der Waals surface area (Å²) in [5.41, 5.74) is 1.40. The van der Waals surface area contributed by atoms with Crippen molar-refractivity contribution in [3.05, 3.63) is 71.8 Å². The second kappa shape index (κ2) is 13.8. The number of benzene rings is 2. The van der Waals surface area contributed by atoms with Crippen LogP contribution in [0.4, 0.5) is 0 Å². The SMILES string of the molecule is CC(C)(C)[Si]1(C(C)(C)C)OC[C@H]2O[C@H]3C[C@@]4(O)O[C@H]5CC[C@@](C)(OCc6ccccc6)[C@H](COCc6ccccc6)O[C@@H]5C[C@]4(O)O[C@@H]3C[C@@H]2O1. The third kappa shape index (κ3) is 7.14. The van der Waals surface area contributed by atoms with Gasteiger partial charge < -0.3 is 47.5 Å². The molecule has 7 rings (SSSR count). The van der Waals surface area contributed by atoms with Crippen LogP contribution in [-0.4, -0.2) is 91.9 Å². The van der Waals surface area contributed by atoms with E-state index in [4.69, 9.17) is 37.3 Å². The molecular weight excluding hydrogens is 669 g/mol. The molecule has 10 atom stereocenters. The maximum absolute atomic E-state index is 12.2. The zero-order valence-electron chi connectivity index (χ0n) is 31.3. The van der Waals surface area contributed by atoms with Crippen molar-refractivity contribution in [1.82, 2.24) is 0 Å². The minimum Gasteiger partial charge on any atom is -0.391 e. The van der Waals surface area contributed by atoms with Crippen LogP contribution in [0.5, 0.6) is 0 Å². The molecule has 11 heteroatoms. The summed E-state index contributed by atoms with van der Waals surface area (Å²) in [7, 11) is -2.75. The molecule has 10 nitrogen and oxygen atoms in total. The zero-order chi connectivity index (χ0) is 36.3. The standard InChI is InChI=1S/C40H58O10Si/c1-36(2,3)51(37(4,5)6)45-25-34-31(50-51)20-30-33(46-34)22-39(41)40(42,49-30)21-32-29(48-39)18-19-38(7,44-24-28-16-12-9-13-17-28)35(47-32)26-43-23-27-14-10-8-11-15-27/h8-17,29-35,41-42H,18-26H2,1-7H3/t29-,30+,31-,32+,33-,34+,35-,38+,39+,40-/m0/s1. The van der Waals surface area contributed by atoms with Gasteiger partial charge in [-0.1, -0.05) is 102 Å². The van der Waals surface area contributed by atoms with E-state index in [0.29, 0.717) is 39.1 Å². The zero-order valence-corrected chi connectivity index (χ0v) is 32.3. The second-order valence-electron chi connectivity index (χ2n) is 17.6. The van der Waals surface area contributed by atoms with E-state index >= 15 is 0 Å². The molecule has 5 heterocycles. The molecule has 5 aliphatic rings. The van der Waals surface area contributed by atoms with Crippen LogP contribution in [-0.2, 0) is 50.5 Å². The Balaban J connectivity index is 1.09. The van der Waals surface area contributed by atoms with Crippen LogP contribution in [0.15, 0.2) is 60.7 Å². The fraction of sp³-hybridized carbons (Fsp3) is 0.700. The fourth-order valence-electron chi connectivity index (χ4n) is 9.10. The highest BCUT2D eigenvalue weighted by atomic mass is 28.4. The lowest BCUT2D eigenvalue weighted by Crippen LogP contribution is -2.74. The van der Waals surface area contributed by atoms with Gasteiger partial charge in [0.1, 0.15) is 12.2 Å². The van der Waals surface area contributed by atoms with E-state index < -0.39 is 56.3 Å². The van der Waals surface area contributed by atoms with Crippen molar-refractivity contribution >= 4 is 8.56 Å². The second-order valence-corrected chi connectivity index (χ2v) is 22.4. The highest BCUT2D eigenvalue weighted by molar-refractivity contribution is 6.73. The molecule has 2 aromatic rings. The number of aliphatic hydroxyl groups is 2. The van der Waals surface area contributed by atoms with Crippen LogP contribution in [0.3, 0.4) is 0 Å². The van der Waals surface area contributed by atoms with Gasteiger partial charge in [0.2, 0.25) is 11.6 Å². The normalized spacial score (nSPS) is 39.5. The van der Waals surface area contributed by atoms with Crippen LogP contribution in [0.25, 0.3) is 0 Å². The molecule has 282 valence electrons. The van der Waals surface area contributed by atoms with Crippen LogP contribution in [0.2, 0.25) is 10.1 Å². The lowest BCUT2D eigenvalue weighted by molar-refractivity contribution is -0.474. The number of hydrogen-bond donors (Lipinski definition) is 2. The van der Waals surface area contributed by atoms with Gasteiger partial charge in [0, 0.05) is 29.3 Å². The van der Waals surface area contributed by atoms with Crippen molar-refractivity contribution in [3.8, 4) is 0 Å². The van der Waals surface area contributed by atoms with Crippen molar-refractivity contribution in [2.24, 2.45) is 0 Å². The van der Waals surface area contributed by atoms with Crippen molar-refractivity contribution in [2.45, 2.75) is 164 Å². The van der Waals surface area contributed by atoms with Gasteiger partial charge in [-0.15, -0.1) is 0 Å². The number of ether oxygens (including phenoxy) is 6. The van der Waals surface area contributed by atoms with E-state index in [2.05, 4.69) is 48.5 Å². The van der Waals surface area contributed by atoms with Gasteiger partial charge in [0.25, 0.3) is 0 Å². The Kier molecular flexibility index (Phi) is 10.2. The molecule has 5 fully saturated rings. The summed E-state index contributed by atoms with van der Waals surface area (Å²) in [6.45, 7) is 16.7. The molecule has 0 unspecified atom stereocenters. The minimum atomic E-state index is -2.75. The van der Waals surface area contributed by atoms with Crippen molar-refractivity contribution in [1.29, 1.82) is 0 Å². The number of hydrogen-bond acceptors (Lipinski definition) is 10. The first-order valence-electron chi connectivity index (χ1n) is 18.8. The average molecular weight is 727 g/mol. The van der Waals surface area contributed by atoms with Crippen molar-refractivity contribution in [3.63, 3.8) is 0 Å². The summed E-state index contributed by atoms with van der Waals surface area (Å²) >= 11 is 0. The summed E-state index contributed by atoms with van der Waals surface area (Å²) in [5, 5.41) is 23.9.